The van der Waals surface area contributed by atoms with Gasteiger partial charge in [0.2, 0.25) is 0 Å². The predicted molar refractivity (Wildman–Crippen MR) is 112 cm³/mol. The molecular formula is C26H26. The Balaban J connectivity index is 1.76. The maximum Gasteiger partial charge on any atom is 0.0233 e. The number of allylic oxidation sites excluding steroid dienone is 2. The van der Waals surface area contributed by atoms with Crippen molar-refractivity contribution in [3.8, 4) is 0 Å². The molecule has 3 aromatic rings. The molecule has 0 saturated carbocycles. The van der Waals surface area contributed by atoms with Crippen LogP contribution in [0.25, 0.3) is 11.1 Å². The number of hydrogen-bond acceptors (Lipinski definition) is 0. The average Bonchev–Trinajstić information content (AvgIpc) is 3.28. The highest BCUT2D eigenvalue weighted by Gasteiger charge is 2.50. The molecule has 0 nitrogen and oxygen atoms in total. The lowest BCUT2D eigenvalue weighted by Gasteiger charge is -2.19. The molecule has 0 spiro atoms. The van der Waals surface area contributed by atoms with Gasteiger partial charge in [-0.2, -0.15) is 0 Å². The molecule has 0 aliphatic heterocycles. The molecule has 0 fully saturated rings. The van der Waals surface area contributed by atoms with E-state index in [1.165, 1.54) is 33.4 Å². The molecule has 26 heavy (non-hydrogen) atoms. The van der Waals surface area contributed by atoms with Crippen molar-refractivity contribution in [1.82, 2.24) is 0 Å². The van der Waals surface area contributed by atoms with Crippen LogP contribution in [0.15, 0.2) is 84.9 Å². The molecule has 0 amide bonds. The van der Waals surface area contributed by atoms with Crippen LogP contribution in [0, 0.1) is 5.41 Å². The van der Waals surface area contributed by atoms with E-state index < -0.39 is 0 Å². The second-order valence-electron chi connectivity index (χ2n) is 7.84. The van der Waals surface area contributed by atoms with Gasteiger partial charge < -0.3 is 0 Å². The molecule has 0 bridgehead atoms. The molecule has 0 N–H and O–H groups in total. The zero-order valence-corrected chi connectivity index (χ0v) is 15.9. The highest BCUT2D eigenvalue weighted by molar-refractivity contribution is 6.14. The summed E-state index contributed by atoms with van der Waals surface area (Å²) in [7, 11) is 0. The van der Waals surface area contributed by atoms with Gasteiger partial charge in [-0.25, -0.2) is 0 Å². The van der Waals surface area contributed by atoms with Gasteiger partial charge in [-0.1, -0.05) is 106 Å². The van der Waals surface area contributed by atoms with Crippen LogP contribution in [0.2, 0.25) is 0 Å². The molecule has 0 atom stereocenters. The molecular weight excluding hydrogens is 312 g/mol. The van der Waals surface area contributed by atoms with Crippen molar-refractivity contribution in [3.05, 3.63) is 107 Å². The van der Waals surface area contributed by atoms with Gasteiger partial charge in [-0.05, 0) is 45.7 Å². The predicted octanol–water partition coefficient (Wildman–Crippen LogP) is 6.98. The summed E-state index contributed by atoms with van der Waals surface area (Å²) in [5.41, 5.74) is 8.77. The highest BCUT2D eigenvalue weighted by Crippen LogP contribution is 2.65. The van der Waals surface area contributed by atoms with Gasteiger partial charge in [-0.15, -0.1) is 0 Å². The Morgan fingerprint density at radius 3 is 1.62 bits per heavy atom. The molecule has 0 aromatic heterocycles. The number of rotatable bonds is 5. The van der Waals surface area contributed by atoms with Crippen LogP contribution in [0.5, 0.6) is 0 Å². The highest BCUT2D eigenvalue weighted by atomic mass is 14.5. The van der Waals surface area contributed by atoms with Crippen LogP contribution in [0.1, 0.15) is 48.9 Å². The molecule has 4 rings (SSSR count). The van der Waals surface area contributed by atoms with Gasteiger partial charge in [0, 0.05) is 5.41 Å². The lowest BCUT2D eigenvalue weighted by atomic mass is 9.84. The summed E-state index contributed by atoms with van der Waals surface area (Å²) in [4.78, 5) is 0. The van der Waals surface area contributed by atoms with Crippen molar-refractivity contribution in [2.75, 3.05) is 0 Å². The summed E-state index contributed by atoms with van der Waals surface area (Å²) in [6.07, 6.45) is 1.07. The Bertz CT molecular complexity index is 881. The largest absolute Gasteiger partial charge is 0.0622 e. The van der Waals surface area contributed by atoms with Gasteiger partial charge in [0.25, 0.3) is 0 Å². The molecule has 1 aliphatic carbocycles. The van der Waals surface area contributed by atoms with Gasteiger partial charge in [0.1, 0.15) is 0 Å². The minimum atomic E-state index is 0.105. The standard InChI is InChI=1S/C26H26/c1-19(2)23-17-11-10-16-22(23)18-26(3)24(20-12-6-4-7-13-20)25(26)21-14-8-5-9-15-21/h4-17,19H,18H2,1-3H3. The summed E-state index contributed by atoms with van der Waals surface area (Å²) < 4.78 is 0. The van der Waals surface area contributed by atoms with E-state index in [9.17, 15) is 0 Å². The molecule has 0 unspecified atom stereocenters. The van der Waals surface area contributed by atoms with E-state index in [1.807, 2.05) is 0 Å². The first-order valence-electron chi connectivity index (χ1n) is 9.55. The van der Waals surface area contributed by atoms with E-state index in [1.54, 1.807) is 0 Å². The second-order valence-corrected chi connectivity index (χ2v) is 7.84. The van der Waals surface area contributed by atoms with Gasteiger partial charge >= 0.3 is 0 Å². The van der Waals surface area contributed by atoms with E-state index >= 15 is 0 Å². The fraction of sp³-hybridized carbons (Fsp3) is 0.231. The zero-order valence-electron chi connectivity index (χ0n) is 15.9. The Hall–Kier alpha value is -2.60. The van der Waals surface area contributed by atoms with Crippen LogP contribution < -0.4 is 0 Å². The minimum Gasteiger partial charge on any atom is -0.0622 e. The van der Waals surface area contributed by atoms with Crippen LogP contribution in [0.4, 0.5) is 0 Å². The number of benzene rings is 3. The first-order chi connectivity index (χ1) is 12.6. The Labute approximate surface area is 157 Å². The average molecular weight is 338 g/mol. The van der Waals surface area contributed by atoms with Gasteiger partial charge in [0.05, 0.1) is 0 Å². The quantitative estimate of drug-likeness (QED) is 0.470. The Morgan fingerprint density at radius 2 is 1.12 bits per heavy atom. The van der Waals surface area contributed by atoms with Crippen LogP contribution in [0.3, 0.4) is 0 Å². The minimum absolute atomic E-state index is 0.105. The summed E-state index contributed by atoms with van der Waals surface area (Å²) in [5.74, 6) is 0.550. The third kappa shape index (κ3) is 2.90. The van der Waals surface area contributed by atoms with E-state index in [2.05, 4.69) is 106 Å². The summed E-state index contributed by atoms with van der Waals surface area (Å²) >= 11 is 0. The molecule has 0 heterocycles. The normalized spacial score (nSPS) is 15.4. The second kappa shape index (κ2) is 6.61. The zero-order chi connectivity index (χ0) is 18.1. The summed E-state index contributed by atoms with van der Waals surface area (Å²) in [5, 5.41) is 0. The first kappa shape index (κ1) is 16.8. The van der Waals surface area contributed by atoms with Crippen molar-refractivity contribution in [3.63, 3.8) is 0 Å². The van der Waals surface area contributed by atoms with E-state index in [0.29, 0.717) is 5.92 Å². The van der Waals surface area contributed by atoms with Crippen LogP contribution in [-0.2, 0) is 6.42 Å². The molecule has 0 heteroatoms. The Kier molecular flexibility index (Phi) is 4.28. The Morgan fingerprint density at radius 1 is 0.654 bits per heavy atom. The lowest BCUT2D eigenvalue weighted by Crippen LogP contribution is -2.09. The number of hydrogen-bond donors (Lipinski definition) is 0. The SMILES string of the molecule is CC(C)c1ccccc1CC1(C)C(c2ccccc2)=C1c1ccccc1. The summed E-state index contributed by atoms with van der Waals surface area (Å²) in [6.45, 7) is 6.99. The van der Waals surface area contributed by atoms with Crippen molar-refractivity contribution in [2.24, 2.45) is 5.41 Å². The maximum absolute atomic E-state index is 2.41. The van der Waals surface area contributed by atoms with Gasteiger partial charge in [0.15, 0.2) is 0 Å². The first-order valence-corrected chi connectivity index (χ1v) is 9.55. The monoisotopic (exact) mass is 338 g/mol. The van der Waals surface area contributed by atoms with E-state index in [4.69, 9.17) is 0 Å². The van der Waals surface area contributed by atoms with Crippen molar-refractivity contribution in [2.45, 2.75) is 33.1 Å². The van der Waals surface area contributed by atoms with Crippen molar-refractivity contribution < 1.29 is 0 Å². The van der Waals surface area contributed by atoms with E-state index in [0.717, 1.165) is 6.42 Å². The smallest absolute Gasteiger partial charge is 0.0233 e. The molecule has 0 saturated heterocycles. The molecule has 1 aliphatic rings. The third-order valence-corrected chi connectivity index (χ3v) is 5.64. The van der Waals surface area contributed by atoms with Crippen molar-refractivity contribution in [1.29, 1.82) is 0 Å². The van der Waals surface area contributed by atoms with Crippen molar-refractivity contribution >= 4 is 11.1 Å². The topological polar surface area (TPSA) is 0 Å². The lowest BCUT2D eigenvalue weighted by molar-refractivity contribution is 0.651. The third-order valence-electron chi connectivity index (χ3n) is 5.64. The fourth-order valence-electron chi connectivity index (χ4n) is 4.37. The fourth-order valence-corrected chi connectivity index (χ4v) is 4.37. The van der Waals surface area contributed by atoms with E-state index in [-0.39, 0.29) is 5.41 Å². The molecule has 130 valence electrons. The van der Waals surface area contributed by atoms with Crippen LogP contribution in [-0.4, -0.2) is 0 Å². The molecule has 0 radical (unpaired) electrons. The summed E-state index contributed by atoms with van der Waals surface area (Å²) in [6, 6.07) is 30.7. The van der Waals surface area contributed by atoms with Gasteiger partial charge in [-0.3, -0.25) is 0 Å². The van der Waals surface area contributed by atoms with Crippen LogP contribution >= 0.6 is 0 Å². The molecule has 3 aromatic carbocycles. The maximum atomic E-state index is 2.41.